The van der Waals surface area contributed by atoms with Gasteiger partial charge in [0.1, 0.15) is 5.82 Å². The Labute approximate surface area is 185 Å². The summed E-state index contributed by atoms with van der Waals surface area (Å²) in [6.45, 7) is 6.21. The smallest absolute Gasteiger partial charge is 0.193 e. The zero-order valence-corrected chi connectivity index (χ0v) is 19.5. The van der Waals surface area contributed by atoms with Crippen molar-refractivity contribution in [3.63, 3.8) is 0 Å². The largest absolute Gasteiger partial charge is 0.355 e. The van der Waals surface area contributed by atoms with Gasteiger partial charge in [0.2, 0.25) is 0 Å². The quantitative estimate of drug-likeness (QED) is 0.365. The van der Waals surface area contributed by atoms with E-state index in [1.54, 1.807) is 0 Å². The number of hydrogen-bond acceptors (Lipinski definition) is 3. The lowest BCUT2D eigenvalue weighted by molar-refractivity contribution is 0.163. The number of likely N-dealkylation sites (tertiary alicyclic amines) is 1. The number of halogens is 1. The number of hydrogen-bond donors (Lipinski definition) is 2. The minimum Gasteiger partial charge on any atom is -0.355 e. The lowest BCUT2D eigenvalue weighted by atomic mass is 10.0. The van der Waals surface area contributed by atoms with Crippen LogP contribution in [0.4, 0.5) is 0 Å². The summed E-state index contributed by atoms with van der Waals surface area (Å²) in [6.07, 6.45) is 5.90. The summed E-state index contributed by atoms with van der Waals surface area (Å²) in [5, 5.41) is 3.49. The van der Waals surface area contributed by atoms with E-state index in [0.717, 1.165) is 36.1 Å². The molecule has 0 amide bonds. The molecule has 154 valence electrons. The average Bonchev–Trinajstić information content (AvgIpc) is 3.15. The Morgan fingerprint density at radius 1 is 1.32 bits per heavy atom. The van der Waals surface area contributed by atoms with Gasteiger partial charge in [-0.25, -0.2) is 4.98 Å². The second-order valence-corrected chi connectivity index (χ2v) is 7.32. The number of nitrogens with one attached hydrogen (secondary N) is 2. The van der Waals surface area contributed by atoms with Crippen LogP contribution >= 0.6 is 24.0 Å². The van der Waals surface area contributed by atoms with Gasteiger partial charge in [-0.05, 0) is 31.9 Å². The first-order chi connectivity index (χ1) is 13.2. The van der Waals surface area contributed by atoms with Gasteiger partial charge in [-0.2, -0.15) is 0 Å². The van der Waals surface area contributed by atoms with E-state index in [1.807, 2.05) is 38.5 Å². The van der Waals surface area contributed by atoms with Gasteiger partial charge in [-0.1, -0.05) is 36.8 Å². The van der Waals surface area contributed by atoms with Crippen LogP contribution in [0.15, 0.2) is 41.5 Å². The highest BCUT2D eigenvalue weighted by Gasteiger charge is 2.17. The summed E-state index contributed by atoms with van der Waals surface area (Å²) >= 11 is 0. The number of H-pyrrole nitrogens is 1. The molecule has 2 aromatic rings. The second-order valence-electron chi connectivity index (χ2n) is 7.32. The molecule has 1 fully saturated rings. The first kappa shape index (κ1) is 22.7. The Bertz CT molecular complexity index is 730. The lowest BCUT2D eigenvalue weighted by Gasteiger charge is -2.33. The minimum absolute atomic E-state index is 0. The summed E-state index contributed by atoms with van der Waals surface area (Å²) in [4.78, 5) is 17.0. The third-order valence-corrected chi connectivity index (χ3v) is 5.30. The van der Waals surface area contributed by atoms with Crippen molar-refractivity contribution >= 4 is 29.9 Å². The molecule has 7 heteroatoms. The molecule has 1 aromatic carbocycles. The number of aromatic nitrogens is 2. The molecule has 0 spiro atoms. The third kappa shape index (κ3) is 6.20. The molecule has 1 aliphatic rings. The molecule has 6 nitrogen and oxygen atoms in total. The molecular weight excluding hydrogens is 463 g/mol. The minimum atomic E-state index is 0. The van der Waals surface area contributed by atoms with Crippen LogP contribution in [0.5, 0.6) is 0 Å². The molecule has 1 aliphatic heterocycles. The molecule has 0 bridgehead atoms. The van der Waals surface area contributed by atoms with Gasteiger partial charge >= 0.3 is 0 Å². The van der Waals surface area contributed by atoms with E-state index in [1.165, 1.54) is 25.8 Å². The Balaban J connectivity index is 0.00000280. The van der Waals surface area contributed by atoms with E-state index >= 15 is 0 Å². The van der Waals surface area contributed by atoms with Crippen molar-refractivity contribution in [1.82, 2.24) is 25.1 Å². The summed E-state index contributed by atoms with van der Waals surface area (Å²) in [5.74, 6) is 1.83. The van der Waals surface area contributed by atoms with E-state index in [0.29, 0.717) is 12.6 Å². The molecule has 0 saturated carbocycles. The monoisotopic (exact) mass is 496 g/mol. The SMILES string of the molecule is CN=C(NCCN1CCCCC1C)N(C)Cc1ncc(-c2ccccc2)[nH]1.I. The highest BCUT2D eigenvalue weighted by atomic mass is 127. The van der Waals surface area contributed by atoms with E-state index in [9.17, 15) is 0 Å². The van der Waals surface area contributed by atoms with Crippen LogP contribution in [0, 0.1) is 0 Å². The number of imidazole rings is 1. The normalized spacial score (nSPS) is 17.8. The fraction of sp³-hybridized carbons (Fsp3) is 0.524. The van der Waals surface area contributed by atoms with E-state index < -0.39 is 0 Å². The maximum Gasteiger partial charge on any atom is 0.193 e. The highest BCUT2D eigenvalue weighted by molar-refractivity contribution is 14.0. The Morgan fingerprint density at radius 2 is 2.11 bits per heavy atom. The number of aliphatic imine (C=N–C) groups is 1. The maximum atomic E-state index is 4.52. The molecule has 28 heavy (non-hydrogen) atoms. The van der Waals surface area contributed by atoms with Crippen LogP contribution in [0.3, 0.4) is 0 Å². The Kier molecular flexibility index (Phi) is 9.24. The van der Waals surface area contributed by atoms with Crippen LogP contribution in [0.1, 0.15) is 32.0 Å². The highest BCUT2D eigenvalue weighted by Crippen LogP contribution is 2.17. The van der Waals surface area contributed by atoms with Crippen molar-refractivity contribution in [1.29, 1.82) is 0 Å². The predicted octanol–water partition coefficient (Wildman–Crippen LogP) is 3.58. The van der Waals surface area contributed by atoms with Gasteiger partial charge in [0, 0.05) is 33.2 Å². The number of nitrogens with zero attached hydrogens (tertiary/aromatic N) is 4. The fourth-order valence-corrected chi connectivity index (χ4v) is 3.69. The van der Waals surface area contributed by atoms with Gasteiger partial charge in [-0.15, -0.1) is 24.0 Å². The summed E-state index contributed by atoms with van der Waals surface area (Å²) < 4.78 is 0. The molecule has 2 N–H and O–H groups in total. The average molecular weight is 496 g/mol. The molecule has 0 aliphatic carbocycles. The Morgan fingerprint density at radius 3 is 2.82 bits per heavy atom. The van der Waals surface area contributed by atoms with Crippen LogP contribution in [0.25, 0.3) is 11.3 Å². The number of benzene rings is 1. The molecule has 2 heterocycles. The van der Waals surface area contributed by atoms with E-state index in [-0.39, 0.29) is 24.0 Å². The summed E-state index contributed by atoms with van der Waals surface area (Å²) in [7, 11) is 3.88. The van der Waals surface area contributed by atoms with Crippen LogP contribution in [-0.2, 0) is 6.54 Å². The number of aromatic amines is 1. The zero-order valence-electron chi connectivity index (χ0n) is 17.2. The molecule has 1 atom stereocenters. The van der Waals surface area contributed by atoms with E-state index in [4.69, 9.17) is 0 Å². The number of guanidine groups is 1. The number of rotatable bonds is 6. The summed E-state index contributed by atoms with van der Waals surface area (Å²) in [5.41, 5.74) is 2.19. The Hall–Kier alpha value is -1.61. The van der Waals surface area contributed by atoms with Gasteiger partial charge in [0.05, 0.1) is 18.4 Å². The van der Waals surface area contributed by atoms with Crippen molar-refractivity contribution in [3.8, 4) is 11.3 Å². The van der Waals surface area contributed by atoms with Crippen molar-refractivity contribution < 1.29 is 0 Å². The maximum absolute atomic E-state index is 4.52. The lowest BCUT2D eigenvalue weighted by Crippen LogP contribution is -2.45. The molecule has 1 saturated heterocycles. The fourth-order valence-electron chi connectivity index (χ4n) is 3.69. The molecule has 0 radical (unpaired) electrons. The van der Waals surface area contributed by atoms with Gasteiger partial charge in [0.25, 0.3) is 0 Å². The third-order valence-electron chi connectivity index (χ3n) is 5.30. The first-order valence-electron chi connectivity index (χ1n) is 9.92. The molecule has 1 aromatic heterocycles. The first-order valence-corrected chi connectivity index (χ1v) is 9.92. The molecule has 3 rings (SSSR count). The van der Waals surface area contributed by atoms with Crippen molar-refractivity contribution in [2.75, 3.05) is 33.7 Å². The van der Waals surface area contributed by atoms with Crippen LogP contribution in [-0.4, -0.2) is 65.5 Å². The standard InChI is InChI=1S/C21H32N6.HI/c1-17-9-7-8-13-27(17)14-12-23-21(22-2)26(3)16-20-24-15-19(25-20)18-10-5-4-6-11-18;/h4-6,10-11,15,17H,7-9,12-14,16H2,1-3H3,(H,22,23)(H,24,25);1H. The van der Waals surface area contributed by atoms with Crippen LogP contribution < -0.4 is 5.32 Å². The van der Waals surface area contributed by atoms with Crippen molar-refractivity contribution in [2.45, 2.75) is 38.8 Å². The van der Waals surface area contributed by atoms with Gasteiger partial charge in [0.15, 0.2) is 5.96 Å². The predicted molar refractivity (Wildman–Crippen MR) is 127 cm³/mol. The summed E-state index contributed by atoms with van der Waals surface area (Å²) in [6, 6.07) is 11.0. The zero-order chi connectivity index (χ0) is 19.1. The second kappa shape index (κ2) is 11.4. The van der Waals surface area contributed by atoms with Gasteiger partial charge < -0.3 is 15.2 Å². The topological polar surface area (TPSA) is 59.6 Å². The molecular formula is C21H33IN6. The van der Waals surface area contributed by atoms with E-state index in [2.05, 4.69) is 49.1 Å². The van der Waals surface area contributed by atoms with Gasteiger partial charge in [-0.3, -0.25) is 9.89 Å². The number of piperidine rings is 1. The molecule has 1 unspecified atom stereocenters. The van der Waals surface area contributed by atoms with Crippen molar-refractivity contribution in [3.05, 3.63) is 42.4 Å². The van der Waals surface area contributed by atoms with Crippen LogP contribution in [0.2, 0.25) is 0 Å². The van der Waals surface area contributed by atoms with Crippen molar-refractivity contribution in [2.24, 2.45) is 4.99 Å².